The van der Waals surface area contributed by atoms with Crippen LogP contribution in [0.25, 0.3) is 0 Å². The zero-order valence-electron chi connectivity index (χ0n) is 15.5. The van der Waals surface area contributed by atoms with Crippen LogP contribution in [0.5, 0.6) is 0 Å². The van der Waals surface area contributed by atoms with Crippen LogP contribution in [0.1, 0.15) is 22.5 Å². The fraction of sp³-hybridized carbons (Fsp3) is 0.400. The number of benzene rings is 1. The molecule has 5 nitrogen and oxygen atoms in total. The van der Waals surface area contributed by atoms with Gasteiger partial charge in [-0.15, -0.1) is 0 Å². The second-order valence-electron chi connectivity index (χ2n) is 7.31. The van der Waals surface area contributed by atoms with E-state index in [-0.39, 0.29) is 29.4 Å². The lowest BCUT2D eigenvalue weighted by atomic mass is 10.1. The number of amides is 1. The number of fused-ring (bicyclic) bond motifs is 1. The van der Waals surface area contributed by atoms with Crippen molar-refractivity contribution in [3.05, 3.63) is 59.5 Å². The largest absolute Gasteiger partial charge is 0.433 e. The second-order valence-corrected chi connectivity index (χ2v) is 7.31. The highest BCUT2D eigenvalue weighted by molar-refractivity contribution is 5.94. The molecule has 2 saturated heterocycles. The lowest BCUT2D eigenvalue weighted by Gasteiger charge is -2.40. The highest BCUT2D eigenvalue weighted by Crippen LogP contribution is 2.30. The molecule has 154 valence electrons. The minimum Gasteiger partial charge on any atom is -0.354 e. The molecule has 2 fully saturated rings. The molecule has 0 aliphatic carbocycles. The number of hydrogen-bond donors (Lipinski definition) is 1. The van der Waals surface area contributed by atoms with Crippen molar-refractivity contribution in [1.29, 1.82) is 0 Å². The van der Waals surface area contributed by atoms with Crippen LogP contribution < -0.4 is 10.2 Å². The van der Waals surface area contributed by atoms with Gasteiger partial charge in [0.2, 0.25) is 0 Å². The molecule has 3 heterocycles. The van der Waals surface area contributed by atoms with Gasteiger partial charge in [0.1, 0.15) is 17.3 Å². The highest BCUT2D eigenvalue weighted by atomic mass is 19.4. The third kappa shape index (κ3) is 4.19. The van der Waals surface area contributed by atoms with Crippen LogP contribution >= 0.6 is 0 Å². The zero-order chi connectivity index (χ0) is 20.6. The van der Waals surface area contributed by atoms with Gasteiger partial charge in [0.25, 0.3) is 5.91 Å². The zero-order valence-corrected chi connectivity index (χ0v) is 15.5. The van der Waals surface area contributed by atoms with E-state index in [0.29, 0.717) is 19.6 Å². The summed E-state index contributed by atoms with van der Waals surface area (Å²) in [6.45, 7) is 2.50. The smallest absolute Gasteiger partial charge is 0.354 e. The Morgan fingerprint density at radius 1 is 1.10 bits per heavy atom. The molecule has 1 aromatic carbocycles. The fourth-order valence-electron chi connectivity index (χ4n) is 4.02. The Kier molecular flexibility index (Phi) is 5.16. The molecule has 2 unspecified atom stereocenters. The van der Waals surface area contributed by atoms with Crippen LogP contribution in [-0.4, -0.2) is 54.1 Å². The van der Waals surface area contributed by atoms with Crippen molar-refractivity contribution in [2.45, 2.75) is 24.7 Å². The molecule has 1 aromatic heterocycles. The summed E-state index contributed by atoms with van der Waals surface area (Å²) >= 11 is 0. The van der Waals surface area contributed by atoms with Crippen molar-refractivity contribution >= 4 is 11.7 Å². The summed E-state index contributed by atoms with van der Waals surface area (Å²) in [5.74, 6) is -0.558. The van der Waals surface area contributed by atoms with Gasteiger partial charge in [-0.05, 0) is 36.8 Å². The van der Waals surface area contributed by atoms with Crippen molar-refractivity contribution < 1.29 is 22.4 Å². The number of carbonyl (C=O) groups excluding carboxylic acids is 1. The quantitative estimate of drug-likeness (QED) is 0.794. The SMILES string of the molecule is O=C(NC1CCN2CCN(c3cccc(C(F)(F)F)n3)CC12)c1cccc(F)c1. The van der Waals surface area contributed by atoms with Gasteiger partial charge in [0, 0.05) is 43.8 Å². The van der Waals surface area contributed by atoms with Crippen molar-refractivity contribution in [3.63, 3.8) is 0 Å². The lowest BCUT2D eigenvalue weighted by molar-refractivity contribution is -0.141. The molecule has 0 saturated carbocycles. The van der Waals surface area contributed by atoms with Crippen molar-refractivity contribution in [1.82, 2.24) is 15.2 Å². The second kappa shape index (κ2) is 7.62. The van der Waals surface area contributed by atoms with Gasteiger partial charge in [-0.1, -0.05) is 12.1 Å². The summed E-state index contributed by atoms with van der Waals surface area (Å²) in [6.07, 6.45) is -3.76. The minimum atomic E-state index is -4.49. The maximum Gasteiger partial charge on any atom is 0.433 e. The molecule has 1 amide bonds. The van der Waals surface area contributed by atoms with E-state index in [0.717, 1.165) is 19.0 Å². The first-order valence-corrected chi connectivity index (χ1v) is 9.41. The Morgan fingerprint density at radius 2 is 1.90 bits per heavy atom. The van der Waals surface area contributed by atoms with Crippen molar-refractivity contribution in [3.8, 4) is 0 Å². The number of aromatic nitrogens is 1. The third-order valence-corrected chi connectivity index (χ3v) is 5.48. The van der Waals surface area contributed by atoms with Crippen molar-refractivity contribution in [2.24, 2.45) is 0 Å². The molecule has 2 atom stereocenters. The minimum absolute atomic E-state index is 0.0439. The monoisotopic (exact) mass is 408 g/mol. The van der Waals surface area contributed by atoms with Gasteiger partial charge in [-0.3, -0.25) is 9.69 Å². The van der Waals surface area contributed by atoms with Crippen LogP contribution in [-0.2, 0) is 6.18 Å². The summed E-state index contributed by atoms with van der Waals surface area (Å²) < 4.78 is 52.3. The van der Waals surface area contributed by atoms with Gasteiger partial charge in [-0.2, -0.15) is 13.2 Å². The first-order valence-electron chi connectivity index (χ1n) is 9.41. The topological polar surface area (TPSA) is 48.5 Å². The van der Waals surface area contributed by atoms with Gasteiger partial charge in [0.05, 0.1) is 0 Å². The molecular formula is C20H20F4N4O. The number of hydrogen-bond acceptors (Lipinski definition) is 4. The molecule has 2 aromatic rings. The standard InChI is InChI=1S/C20H20F4N4O/c21-14-4-1-3-13(11-14)19(29)25-15-7-8-27-9-10-28(12-16(15)27)18-6-2-5-17(26-18)20(22,23)24/h1-6,11,15-16H,7-10,12H2,(H,25,29). The Hall–Kier alpha value is -2.68. The number of halogens is 4. The molecule has 2 aliphatic rings. The molecule has 1 N–H and O–H groups in total. The van der Waals surface area contributed by atoms with E-state index in [1.54, 1.807) is 12.1 Å². The van der Waals surface area contributed by atoms with Crippen molar-refractivity contribution in [2.75, 3.05) is 31.1 Å². The first kappa shape index (κ1) is 19.6. The van der Waals surface area contributed by atoms with E-state index in [2.05, 4.69) is 15.2 Å². The van der Waals surface area contributed by atoms with Crippen LogP contribution in [0.15, 0.2) is 42.5 Å². The summed E-state index contributed by atoms with van der Waals surface area (Å²) in [5.41, 5.74) is -0.671. The summed E-state index contributed by atoms with van der Waals surface area (Å²) in [4.78, 5) is 20.3. The number of alkyl halides is 3. The predicted octanol–water partition coefficient (Wildman–Crippen LogP) is 2.93. The number of pyridine rings is 1. The number of nitrogens with zero attached hydrogens (tertiary/aromatic N) is 3. The number of rotatable bonds is 3. The maximum absolute atomic E-state index is 13.4. The number of piperazine rings is 1. The van der Waals surface area contributed by atoms with Gasteiger partial charge in [0.15, 0.2) is 0 Å². The maximum atomic E-state index is 13.4. The average molecular weight is 408 g/mol. The lowest BCUT2D eigenvalue weighted by Crippen LogP contribution is -2.56. The van der Waals surface area contributed by atoms with E-state index in [1.165, 1.54) is 24.3 Å². The summed E-state index contributed by atoms with van der Waals surface area (Å²) in [7, 11) is 0. The molecule has 0 radical (unpaired) electrons. The normalized spacial score (nSPS) is 22.4. The Labute approximate surface area is 165 Å². The summed E-state index contributed by atoms with van der Waals surface area (Å²) in [5, 5.41) is 2.95. The molecule has 0 bridgehead atoms. The number of anilines is 1. The van der Waals surface area contributed by atoms with Crippen LogP contribution in [0.2, 0.25) is 0 Å². The van der Waals surface area contributed by atoms with Crippen LogP contribution in [0.4, 0.5) is 23.4 Å². The van der Waals surface area contributed by atoms with E-state index >= 15 is 0 Å². The van der Waals surface area contributed by atoms with Crippen LogP contribution in [0.3, 0.4) is 0 Å². The van der Waals surface area contributed by atoms with Gasteiger partial charge < -0.3 is 10.2 Å². The first-order chi connectivity index (χ1) is 13.8. The van der Waals surface area contributed by atoms with E-state index < -0.39 is 17.7 Å². The van der Waals surface area contributed by atoms with E-state index in [9.17, 15) is 22.4 Å². The number of carbonyl (C=O) groups is 1. The molecule has 9 heteroatoms. The molecule has 2 aliphatic heterocycles. The van der Waals surface area contributed by atoms with E-state index in [1.807, 2.05) is 4.90 Å². The Morgan fingerprint density at radius 3 is 2.66 bits per heavy atom. The van der Waals surface area contributed by atoms with Crippen LogP contribution in [0, 0.1) is 5.82 Å². The Balaban J connectivity index is 1.47. The van der Waals surface area contributed by atoms with E-state index in [4.69, 9.17) is 0 Å². The molecule has 4 rings (SSSR count). The summed E-state index contributed by atoms with van der Waals surface area (Å²) in [6, 6.07) is 9.15. The molecule has 0 spiro atoms. The Bertz CT molecular complexity index is 904. The predicted molar refractivity (Wildman–Crippen MR) is 99.1 cm³/mol. The molecule has 29 heavy (non-hydrogen) atoms. The highest BCUT2D eigenvalue weighted by Gasteiger charge is 2.40. The molecular weight excluding hydrogens is 388 g/mol. The third-order valence-electron chi connectivity index (χ3n) is 5.48. The van der Waals surface area contributed by atoms with Gasteiger partial charge in [-0.25, -0.2) is 9.37 Å². The van der Waals surface area contributed by atoms with Gasteiger partial charge >= 0.3 is 6.18 Å². The average Bonchev–Trinajstić information content (AvgIpc) is 3.09. The fourth-order valence-corrected chi connectivity index (χ4v) is 4.02. The number of nitrogens with one attached hydrogen (secondary N) is 1.